The number of hydrogen-bond acceptors (Lipinski definition) is 2. The van der Waals surface area contributed by atoms with Crippen molar-refractivity contribution in [2.45, 2.75) is 65.5 Å². The number of rotatable bonds is 10. The molecule has 1 fully saturated rings. The maximum absolute atomic E-state index is 11.9. The monoisotopic (exact) mass is 486 g/mol. The lowest BCUT2D eigenvalue weighted by Gasteiger charge is -2.18. The number of nitrogens with one attached hydrogen (secondary N) is 2. The maximum Gasteiger partial charge on any atom is 0.222 e. The number of halogens is 1. The molecule has 1 aromatic rings. The highest BCUT2D eigenvalue weighted by Crippen LogP contribution is 2.17. The highest BCUT2D eigenvalue weighted by atomic mass is 127. The summed E-state index contributed by atoms with van der Waals surface area (Å²) in [5.41, 5.74) is 2.39. The average Bonchev–Trinajstić information content (AvgIpc) is 3.05. The van der Waals surface area contributed by atoms with E-state index in [4.69, 9.17) is 4.99 Å². The fourth-order valence-corrected chi connectivity index (χ4v) is 3.21. The van der Waals surface area contributed by atoms with Gasteiger partial charge in [-0.1, -0.05) is 50.5 Å². The molecular weight excluding hydrogens is 451 g/mol. The SMILES string of the molecule is CCCCCCNC(=NCc1ccccc1CN1CCCC1=O)NCC.I. The number of nitrogens with zero attached hydrogens (tertiary/aromatic N) is 2. The van der Waals surface area contributed by atoms with Crippen LogP contribution in [0.2, 0.25) is 0 Å². The van der Waals surface area contributed by atoms with Crippen molar-refractivity contribution in [3.8, 4) is 0 Å². The normalized spacial score (nSPS) is 14.2. The molecule has 2 N–H and O–H groups in total. The molecule has 0 atom stereocenters. The Balaban J connectivity index is 0.00000364. The summed E-state index contributed by atoms with van der Waals surface area (Å²) < 4.78 is 0. The van der Waals surface area contributed by atoms with Crippen molar-refractivity contribution in [1.82, 2.24) is 15.5 Å². The second-order valence-corrected chi connectivity index (χ2v) is 6.87. The van der Waals surface area contributed by atoms with Gasteiger partial charge in [0.25, 0.3) is 0 Å². The van der Waals surface area contributed by atoms with Crippen LogP contribution in [0.1, 0.15) is 63.5 Å². The largest absolute Gasteiger partial charge is 0.357 e. The van der Waals surface area contributed by atoms with E-state index in [1.165, 1.54) is 36.8 Å². The van der Waals surface area contributed by atoms with Crippen LogP contribution >= 0.6 is 24.0 Å². The molecule has 1 saturated heterocycles. The standard InChI is InChI=1S/C21H34N4O.HI/c1-3-5-6-9-14-23-21(22-4-2)24-16-18-11-7-8-12-19(18)17-25-15-10-13-20(25)26;/h7-8,11-12H,3-6,9-10,13-17H2,1-2H3,(H2,22,23,24);1H. The first-order valence-electron chi connectivity index (χ1n) is 10.1. The second-order valence-electron chi connectivity index (χ2n) is 6.87. The summed E-state index contributed by atoms with van der Waals surface area (Å²) >= 11 is 0. The van der Waals surface area contributed by atoms with Gasteiger partial charge in [0.15, 0.2) is 5.96 Å². The number of aliphatic imine (C=N–C) groups is 1. The molecule has 0 saturated carbocycles. The minimum atomic E-state index is 0. The third-order valence-corrected chi connectivity index (χ3v) is 4.73. The molecule has 1 heterocycles. The molecular formula is C21H35IN4O. The third-order valence-electron chi connectivity index (χ3n) is 4.73. The molecule has 0 aromatic heterocycles. The van der Waals surface area contributed by atoms with E-state index in [9.17, 15) is 4.79 Å². The number of benzene rings is 1. The van der Waals surface area contributed by atoms with Gasteiger partial charge in [0.2, 0.25) is 5.91 Å². The first-order valence-corrected chi connectivity index (χ1v) is 10.1. The summed E-state index contributed by atoms with van der Waals surface area (Å²) in [6, 6.07) is 8.32. The molecule has 1 aliphatic rings. The van der Waals surface area contributed by atoms with Gasteiger partial charge in [-0.25, -0.2) is 4.99 Å². The number of guanidine groups is 1. The van der Waals surface area contributed by atoms with Crippen LogP contribution in [-0.2, 0) is 17.9 Å². The van der Waals surface area contributed by atoms with Crippen LogP contribution in [0.25, 0.3) is 0 Å². The first-order chi connectivity index (χ1) is 12.7. The first kappa shape index (κ1) is 23.7. The van der Waals surface area contributed by atoms with Crippen LogP contribution in [0.3, 0.4) is 0 Å². The highest BCUT2D eigenvalue weighted by Gasteiger charge is 2.20. The van der Waals surface area contributed by atoms with Crippen LogP contribution in [0.15, 0.2) is 29.3 Å². The molecule has 27 heavy (non-hydrogen) atoms. The van der Waals surface area contributed by atoms with Gasteiger partial charge in [0.05, 0.1) is 6.54 Å². The van der Waals surface area contributed by atoms with Gasteiger partial charge < -0.3 is 15.5 Å². The zero-order valence-electron chi connectivity index (χ0n) is 16.8. The summed E-state index contributed by atoms with van der Waals surface area (Å²) in [6.07, 6.45) is 6.64. The highest BCUT2D eigenvalue weighted by molar-refractivity contribution is 14.0. The smallest absolute Gasteiger partial charge is 0.222 e. The summed E-state index contributed by atoms with van der Waals surface area (Å²) in [4.78, 5) is 18.6. The Labute approximate surface area is 181 Å². The quantitative estimate of drug-likeness (QED) is 0.227. The van der Waals surface area contributed by atoms with E-state index in [0.29, 0.717) is 19.5 Å². The van der Waals surface area contributed by atoms with Crippen molar-refractivity contribution in [3.05, 3.63) is 35.4 Å². The zero-order valence-corrected chi connectivity index (χ0v) is 19.1. The third kappa shape index (κ3) is 8.49. The Morgan fingerprint density at radius 2 is 1.89 bits per heavy atom. The number of hydrogen-bond donors (Lipinski definition) is 2. The molecule has 0 spiro atoms. The molecule has 5 nitrogen and oxygen atoms in total. The van der Waals surface area contributed by atoms with Gasteiger partial charge in [-0.15, -0.1) is 24.0 Å². The maximum atomic E-state index is 11.9. The van der Waals surface area contributed by atoms with Crippen molar-refractivity contribution in [3.63, 3.8) is 0 Å². The molecule has 1 aromatic carbocycles. The summed E-state index contributed by atoms with van der Waals surface area (Å²) in [7, 11) is 0. The Hall–Kier alpha value is -1.31. The van der Waals surface area contributed by atoms with E-state index >= 15 is 0 Å². The van der Waals surface area contributed by atoms with E-state index < -0.39 is 0 Å². The topological polar surface area (TPSA) is 56.7 Å². The van der Waals surface area contributed by atoms with Crippen molar-refractivity contribution in [2.75, 3.05) is 19.6 Å². The Kier molecular flexibility index (Phi) is 12.1. The van der Waals surface area contributed by atoms with Crippen LogP contribution in [0.5, 0.6) is 0 Å². The van der Waals surface area contributed by atoms with Crippen molar-refractivity contribution in [1.29, 1.82) is 0 Å². The van der Waals surface area contributed by atoms with Gasteiger partial charge in [-0.05, 0) is 30.9 Å². The Bertz CT molecular complexity index is 591. The molecule has 2 rings (SSSR count). The number of unbranched alkanes of at least 4 members (excludes halogenated alkanes) is 3. The van der Waals surface area contributed by atoms with Crippen molar-refractivity contribution < 1.29 is 4.79 Å². The van der Waals surface area contributed by atoms with Crippen LogP contribution in [0.4, 0.5) is 0 Å². The summed E-state index contributed by atoms with van der Waals surface area (Å²) in [6.45, 7) is 8.32. The van der Waals surface area contributed by atoms with E-state index in [2.05, 4.69) is 36.6 Å². The predicted octanol–water partition coefficient (Wildman–Crippen LogP) is 4.06. The Morgan fingerprint density at radius 3 is 2.56 bits per heavy atom. The minimum absolute atomic E-state index is 0. The number of likely N-dealkylation sites (tertiary alicyclic amines) is 1. The fraction of sp³-hybridized carbons (Fsp3) is 0.619. The second kappa shape index (κ2) is 13.8. The predicted molar refractivity (Wildman–Crippen MR) is 123 cm³/mol. The van der Waals surface area contributed by atoms with Crippen LogP contribution in [-0.4, -0.2) is 36.4 Å². The van der Waals surface area contributed by atoms with Crippen molar-refractivity contribution in [2.24, 2.45) is 4.99 Å². The Morgan fingerprint density at radius 1 is 1.11 bits per heavy atom. The zero-order chi connectivity index (χ0) is 18.6. The summed E-state index contributed by atoms with van der Waals surface area (Å²) in [5.74, 6) is 1.14. The van der Waals surface area contributed by atoms with Gasteiger partial charge in [0.1, 0.15) is 0 Å². The lowest BCUT2D eigenvalue weighted by molar-refractivity contribution is -0.128. The summed E-state index contributed by atoms with van der Waals surface area (Å²) in [5, 5.41) is 6.74. The molecule has 1 amide bonds. The molecule has 0 bridgehead atoms. The molecule has 152 valence electrons. The fourth-order valence-electron chi connectivity index (χ4n) is 3.21. The molecule has 6 heteroatoms. The average molecular weight is 486 g/mol. The van der Waals surface area contributed by atoms with Crippen LogP contribution in [0, 0.1) is 0 Å². The molecule has 0 unspecified atom stereocenters. The van der Waals surface area contributed by atoms with E-state index in [1.54, 1.807) is 0 Å². The lowest BCUT2D eigenvalue weighted by Crippen LogP contribution is -2.37. The molecule has 0 radical (unpaired) electrons. The lowest BCUT2D eigenvalue weighted by atomic mass is 10.1. The van der Waals surface area contributed by atoms with Crippen LogP contribution < -0.4 is 10.6 Å². The van der Waals surface area contributed by atoms with Gasteiger partial charge >= 0.3 is 0 Å². The van der Waals surface area contributed by atoms with Gasteiger partial charge in [0, 0.05) is 32.6 Å². The molecule has 1 aliphatic heterocycles. The minimum Gasteiger partial charge on any atom is -0.357 e. The van der Waals surface area contributed by atoms with E-state index in [-0.39, 0.29) is 29.9 Å². The number of amides is 1. The van der Waals surface area contributed by atoms with Crippen molar-refractivity contribution >= 4 is 35.8 Å². The number of carbonyl (C=O) groups excluding carboxylic acids is 1. The van der Waals surface area contributed by atoms with Gasteiger partial charge in [-0.2, -0.15) is 0 Å². The van der Waals surface area contributed by atoms with E-state index in [0.717, 1.165) is 32.0 Å². The van der Waals surface area contributed by atoms with E-state index in [1.807, 2.05) is 17.0 Å². The molecule has 0 aliphatic carbocycles. The number of carbonyl (C=O) groups is 1. The van der Waals surface area contributed by atoms with Gasteiger partial charge in [-0.3, -0.25) is 4.79 Å².